The number of thioether (sulfide) groups is 1. The Kier molecular flexibility index (Phi) is 6.57. The molecule has 0 atom stereocenters. The lowest BCUT2D eigenvalue weighted by Gasteiger charge is -2.34. The second-order valence-corrected chi connectivity index (χ2v) is 10.5. The predicted octanol–water partition coefficient (Wildman–Crippen LogP) is 3.09. The van der Waals surface area contributed by atoms with Gasteiger partial charge in [-0.25, -0.2) is 13.4 Å². The van der Waals surface area contributed by atoms with E-state index in [9.17, 15) is 13.2 Å². The van der Waals surface area contributed by atoms with Crippen LogP contribution >= 0.6 is 23.4 Å². The van der Waals surface area contributed by atoms with Crippen LogP contribution in [0.15, 0.2) is 53.4 Å². The number of amides is 1. The third-order valence-corrected chi connectivity index (χ3v) is 8.00. The Labute approximate surface area is 191 Å². The molecule has 1 saturated heterocycles. The number of aromatic nitrogens is 2. The van der Waals surface area contributed by atoms with Gasteiger partial charge in [0, 0.05) is 31.2 Å². The molecule has 2 heterocycles. The molecule has 1 amide bonds. The normalized spacial score (nSPS) is 15.5. The lowest BCUT2D eigenvalue weighted by molar-refractivity contribution is -0.133. The van der Waals surface area contributed by atoms with Crippen LogP contribution in [0.3, 0.4) is 0 Å². The largest absolute Gasteiger partial charge is 0.339 e. The minimum absolute atomic E-state index is 0.0368. The molecule has 2 aromatic carbocycles. The van der Waals surface area contributed by atoms with E-state index in [1.165, 1.54) is 16.4 Å². The molecule has 1 aromatic heterocycles. The number of fused-ring (bicyclic) bond motifs is 1. The molecule has 31 heavy (non-hydrogen) atoms. The average molecular weight is 479 g/mol. The van der Waals surface area contributed by atoms with Gasteiger partial charge in [-0.05, 0) is 36.6 Å². The van der Waals surface area contributed by atoms with Crippen LogP contribution in [0.2, 0.25) is 5.02 Å². The summed E-state index contributed by atoms with van der Waals surface area (Å²) in [5.74, 6) is 1.54. The van der Waals surface area contributed by atoms with Gasteiger partial charge in [-0.2, -0.15) is 16.1 Å². The number of halogens is 1. The summed E-state index contributed by atoms with van der Waals surface area (Å²) in [5.41, 5.74) is 1.80. The summed E-state index contributed by atoms with van der Waals surface area (Å²) in [4.78, 5) is 19.6. The molecule has 0 unspecified atom stereocenters. The molecule has 1 fully saturated rings. The van der Waals surface area contributed by atoms with E-state index in [1.54, 1.807) is 28.8 Å². The van der Waals surface area contributed by atoms with Gasteiger partial charge >= 0.3 is 0 Å². The van der Waals surface area contributed by atoms with Crippen LogP contribution in [0.25, 0.3) is 11.0 Å². The summed E-state index contributed by atoms with van der Waals surface area (Å²) in [6.07, 6.45) is 2.01. The molecule has 0 spiro atoms. The Morgan fingerprint density at radius 1 is 1.10 bits per heavy atom. The number of benzene rings is 2. The fourth-order valence-corrected chi connectivity index (χ4v) is 5.93. The molecule has 0 radical (unpaired) electrons. The van der Waals surface area contributed by atoms with Crippen LogP contribution < -0.4 is 0 Å². The number of imidazole rings is 1. The quantitative estimate of drug-likeness (QED) is 0.544. The van der Waals surface area contributed by atoms with Gasteiger partial charge in [0.05, 0.1) is 21.7 Å². The van der Waals surface area contributed by atoms with Crippen LogP contribution in [0, 0.1) is 0 Å². The van der Waals surface area contributed by atoms with Crippen LogP contribution in [0.5, 0.6) is 0 Å². The summed E-state index contributed by atoms with van der Waals surface area (Å²) in [6, 6.07) is 14.0. The molecule has 0 aliphatic carbocycles. The van der Waals surface area contributed by atoms with Gasteiger partial charge < -0.3 is 9.47 Å². The highest BCUT2D eigenvalue weighted by atomic mass is 35.5. The molecular formula is C21H23ClN4O3S2. The molecule has 7 nitrogen and oxygen atoms in total. The lowest BCUT2D eigenvalue weighted by atomic mass is 10.3. The van der Waals surface area contributed by atoms with Crippen molar-refractivity contribution in [3.8, 4) is 0 Å². The molecule has 0 saturated carbocycles. The van der Waals surface area contributed by atoms with Gasteiger partial charge in [-0.1, -0.05) is 29.8 Å². The van der Waals surface area contributed by atoms with Gasteiger partial charge in [0.1, 0.15) is 12.4 Å². The summed E-state index contributed by atoms with van der Waals surface area (Å²) < 4.78 is 29.1. The zero-order valence-corrected chi connectivity index (χ0v) is 19.5. The number of nitrogens with zero attached hydrogens (tertiary/aromatic N) is 4. The highest BCUT2D eigenvalue weighted by molar-refractivity contribution is 7.97. The van der Waals surface area contributed by atoms with E-state index in [2.05, 4.69) is 4.98 Å². The van der Waals surface area contributed by atoms with Crippen LogP contribution in [0.1, 0.15) is 5.82 Å². The molecule has 164 valence electrons. The Bertz CT molecular complexity index is 1200. The summed E-state index contributed by atoms with van der Waals surface area (Å²) in [6.45, 7) is 1.40. The Morgan fingerprint density at radius 2 is 1.84 bits per heavy atom. The Morgan fingerprint density at radius 3 is 2.55 bits per heavy atom. The van der Waals surface area contributed by atoms with Crippen molar-refractivity contribution in [3.05, 3.63) is 59.4 Å². The third-order valence-electron chi connectivity index (χ3n) is 5.33. The first-order valence-electron chi connectivity index (χ1n) is 9.87. The molecule has 4 rings (SSSR count). The second kappa shape index (κ2) is 9.20. The zero-order valence-electron chi connectivity index (χ0n) is 17.1. The maximum Gasteiger partial charge on any atom is 0.243 e. The molecule has 0 N–H and O–H groups in total. The number of sulfonamides is 1. The minimum atomic E-state index is -3.63. The van der Waals surface area contributed by atoms with Gasteiger partial charge in [-0.15, -0.1) is 0 Å². The van der Waals surface area contributed by atoms with Gasteiger partial charge in [0.15, 0.2) is 0 Å². The Hall–Kier alpha value is -2.07. The standard InChI is InChI=1S/C21H23ClN4O3S2/c1-30-15-20-23-18-7-2-3-8-19(18)26(20)14-21(27)24-9-11-25(12-10-24)31(28,29)17-6-4-5-16(22)13-17/h2-8,13H,9-12,14-15H2,1H3. The number of para-hydroxylation sites is 2. The molecule has 1 aliphatic rings. The zero-order chi connectivity index (χ0) is 22.0. The predicted molar refractivity (Wildman–Crippen MR) is 124 cm³/mol. The monoisotopic (exact) mass is 478 g/mol. The van der Waals surface area contributed by atoms with Crippen LogP contribution in [-0.2, 0) is 27.1 Å². The Balaban J connectivity index is 1.46. The molecule has 10 heteroatoms. The van der Waals surface area contributed by atoms with E-state index in [0.29, 0.717) is 23.9 Å². The summed E-state index contributed by atoms with van der Waals surface area (Å²) >= 11 is 7.61. The van der Waals surface area contributed by atoms with Crippen molar-refractivity contribution in [1.82, 2.24) is 18.8 Å². The highest BCUT2D eigenvalue weighted by Gasteiger charge is 2.30. The number of carbonyl (C=O) groups excluding carboxylic acids is 1. The summed E-state index contributed by atoms with van der Waals surface area (Å²) in [5, 5.41) is 0.378. The fourth-order valence-electron chi connectivity index (χ4n) is 3.73. The van der Waals surface area contributed by atoms with E-state index in [1.807, 2.05) is 35.1 Å². The second-order valence-electron chi connectivity index (χ2n) is 7.28. The minimum Gasteiger partial charge on any atom is -0.339 e. The van der Waals surface area contributed by atoms with Crippen molar-refractivity contribution in [2.24, 2.45) is 0 Å². The van der Waals surface area contributed by atoms with Gasteiger partial charge in [-0.3, -0.25) is 4.79 Å². The third kappa shape index (κ3) is 4.59. The van der Waals surface area contributed by atoms with Crippen molar-refractivity contribution < 1.29 is 13.2 Å². The maximum atomic E-state index is 13.0. The van der Waals surface area contributed by atoms with Crippen molar-refractivity contribution >= 4 is 50.3 Å². The van der Waals surface area contributed by atoms with Crippen molar-refractivity contribution in [3.63, 3.8) is 0 Å². The van der Waals surface area contributed by atoms with E-state index < -0.39 is 10.0 Å². The topological polar surface area (TPSA) is 75.5 Å². The smallest absolute Gasteiger partial charge is 0.243 e. The molecular weight excluding hydrogens is 456 g/mol. The van der Waals surface area contributed by atoms with Crippen LogP contribution in [0.4, 0.5) is 0 Å². The highest BCUT2D eigenvalue weighted by Crippen LogP contribution is 2.22. The first-order chi connectivity index (χ1) is 14.9. The van der Waals surface area contributed by atoms with E-state index in [-0.39, 0.29) is 30.4 Å². The first kappa shape index (κ1) is 22.1. The molecule has 0 bridgehead atoms. The van der Waals surface area contributed by atoms with Gasteiger partial charge in [0.2, 0.25) is 15.9 Å². The van der Waals surface area contributed by atoms with E-state index in [4.69, 9.17) is 11.6 Å². The summed E-state index contributed by atoms with van der Waals surface area (Å²) in [7, 11) is -3.63. The molecule has 3 aromatic rings. The van der Waals surface area contributed by atoms with Crippen LogP contribution in [-0.4, -0.2) is 65.5 Å². The number of hydrogen-bond donors (Lipinski definition) is 0. The SMILES string of the molecule is CSCc1nc2ccccc2n1CC(=O)N1CCN(S(=O)(=O)c2cccc(Cl)c2)CC1. The van der Waals surface area contributed by atoms with Crippen molar-refractivity contribution in [2.75, 3.05) is 32.4 Å². The number of rotatable bonds is 6. The van der Waals surface area contributed by atoms with E-state index >= 15 is 0 Å². The van der Waals surface area contributed by atoms with Crippen molar-refractivity contribution in [1.29, 1.82) is 0 Å². The van der Waals surface area contributed by atoms with Gasteiger partial charge in [0.25, 0.3) is 0 Å². The first-order valence-corrected chi connectivity index (χ1v) is 13.1. The number of hydrogen-bond acceptors (Lipinski definition) is 5. The lowest BCUT2D eigenvalue weighted by Crippen LogP contribution is -2.51. The maximum absolute atomic E-state index is 13.0. The fraction of sp³-hybridized carbons (Fsp3) is 0.333. The van der Waals surface area contributed by atoms with Crippen molar-refractivity contribution in [2.45, 2.75) is 17.2 Å². The molecule has 1 aliphatic heterocycles. The van der Waals surface area contributed by atoms with E-state index in [0.717, 1.165) is 16.9 Å². The number of carbonyl (C=O) groups is 1. The number of piperazine rings is 1. The average Bonchev–Trinajstić information content (AvgIpc) is 3.11.